The zero-order valence-electron chi connectivity index (χ0n) is 12.6. The lowest BCUT2D eigenvalue weighted by molar-refractivity contribution is -0.129. The summed E-state index contributed by atoms with van der Waals surface area (Å²) in [7, 11) is 1.67. The van der Waals surface area contributed by atoms with Crippen LogP contribution in [0.15, 0.2) is 53.0 Å². The third kappa shape index (κ3) is 5.17. The van der Waals surface area contributed by atoms with Crippen molar-refractivity contribution >= 4 is 27.7 Å². The Labute approximate surface area is 142 Å². The number of hydrogen-bond acceptors (Lipinski definition) is 2. The van der Waals surface area contributed by atoms with Gasteiger partial charge in [-0.2, -0.15) is 0 Å². The number of likely N-dealkylation sites (N-methyl/N-ethyl adjacent to an activating group) is 1. The van der Waals surface area contributed by atoms with Gasteiger partial charge in [0.1, 0.15) is 5.82 Å². The fraction of sp³-hybridized carbons (Fsp3) is 0.176. The second-order valence-corrected chi connectivity index (χ2v) is 5.98. The first-order chi connectivity index (χ1) is 11.0. The van der Waals surface area contributed by atoms with Crippen LogP contribution in [0.1, 0.15) is 15.9 Å². The summed E-state index contributed by atoms with van der Waals surface area (Å²) in [5.41, 5.74) is 1.17. The normalized spacial score (nSPS) is 10.2. The maximum Gasteiger partial charge on any atom is 0.251 e. The molecule has 0 aliphatic heterocycles. The largest absolute Gasteiger partial charge is 0.343 e. The minimum atomic E-state index is -0.490. The molecule has 2 amide bonds. The minimum Gasteiger partial charge on any atom is -0.343 e. The van der Waals surface area contributed by atoms with Crippen LogP contribution in [0.3, 0.4) is 0 Å². The van der Waals surface area contributed by atoms with Gasteiger partial charge in [0, 0.05) is 23.6 Å². The molecule has 120 valence electrons. The molecular formula is C17H16BrFN2O2. The van der Waals surface area contributed by atoms with Gasteiger partial charge in [0.05, 0.1) is 6.54 Å². The van der Waals surface area contributed by atoms with Gasteiger partial charge >= 0.3 is 0 Å². The van der Waals surface area contributed by atoms with Gasteiger partial charge < -0.3 is 10.2 Å². The van der Waals surface area contributed by atoms with Crippen LogP contribution in [-0.4, -0.2) is 30.3 Å². The Balaban J connectivity index is 1.86. The molecule has 0 saturated carbocycles. The molecule has 0 fully saturated rings. The second-order valence-electron chi connectivity index (χ2n) is 5.07. The summed E-state index contributed by atoms with van der Waals surface area (Å²) in [6, 6.07) is 13.0. The number of benzene rings is 2. The third-order valence-corrected chi connectivity index (χ3v) is 3.77. The first-order valence-corrected chi connectivity index (χ1v) is 7.77. The van der Waals surface area contributed by atoms with E-state index in [4.69, 9.17) is 0 Å². The SMILES string of the molecule is CN(Cc1ccc(Br)cc1)C(=O)CNC(=O)c1cccc(F)c1. The molecule has 0 atom stereocenters. The summed E-state index contributed by atoms with van der Waals surface area (Å²) in [5.74, 6) is -1.19. The first-order valence-electron chi connectivity index (χ1n) is 6.98. The van der Waals surface area contributed by atoms with E-state index in [2.05, 4.69) is 21.2 Å². The number of carbonyl (C=O) groups excluding carboxylic acids is 2. The maximum atomic E-state index is 13.1. The molecule has 2 aromatic rings. The van der Waals surface area contributed by atoms with Gasteiger partial charge in [0.2, 0.25) is 5.91 Å². The van der Waals surface area contributed by atoms with Crippen molar-refractivity contribution in [1.29, 1.82) is 0 Å². The van der Waals surface area contributed by atoms with Crippen molar-refractivity contribution in [3.05, 3.63) is 69.9 Å². The molecule has 2 aromatic carbocycles. The van der Waals surface area contributed by atoms with Gasteiger partial charge in [-0.15, -0.1) is 0 Å². The monoisotopic (exact) mass is 378 g/mol. The molecule has 1 N–H and O–H groups in total. The fourth-order valence-electron chi connectivity index (χ4n) is 1.97. The van der Waals surface area contributed by atoms with Crippen LogP contribution in [0.5, 0.6) is 0 Å². The smallest absolute Gasteiger partial charge is 0.251 e. The van der Waals surface area contributed by atoms with Crippen molar-refractivity contribution in [2.24, 2.45) is 0 Å². The van der Waals surface area contributed by atoms with Gasteiger partial charge in [0.25, 0.3) is 5.91 Å². The number of rotatable bonds is 5. The van der Waals surface area contributed by atoms with Crippen molar-refractivity contribution in [3.63, 3.8) is 0 Å². The van der Waals surface area contributed by atoms with Crippen LogP contribution in [0.4, 0.5) is 4.39 Å². The van der Waals surface area contributed by atoms with E-state index in [9.17, 15) is 14.0 Å². The standard InChI is InChI=1S/C17H16BrFN2O2/c1-21(11-12-5-7-14(18)8-6-12)16(22)10-20-17(23)13-3-2-4-15(19)9-13/h2-9H,10-11H2,1H3,(H,20,23). The molecule has 0 aliphatic rings. The summed E-state index contributed by atoms with van der Waals surface area (Å²) in [6.07, 6.45) is 0. The Bertz CT molecular complexity index is 704. The number of nitrogens with one attached hydrogen (secondary N) is 1. The van der Waals surface area contributed by atoms with E-state index >= 15 is 0 Å². The van der Waals surface area contributed by atoms with E-state index in [1.165, 1.54) is 23.1 Å². The Morgan fingerprint density at radius 2 is 1.87 bits per heavy atom. The molecular weight excluding hydrogens is 363 g/mol. The number of hydrogen-bond donors (Lipinski definition) is 1. The van der Waals surface area contributed by atoms with Gasteiger partial charge in [-0.05, 0) is 35.9 Å². The molecule has 0 aromatic heterocycles. The number of carbonyl (C=O) groups is 2. The van der Waals surface area contributed by atoms with Crippen LogP contribution in [-0.2, 0) is 11.3 Å². The van der Waals surface area contributed by atoms with E-state index < -0.39 is 11.7 Å². The van der Waals surface area contributed by atoms with Crippen LogP contribution in [0, 0.1) is 5.82 Å². The summed E-state index contributed by atoms with van der Waals surface area (Å²) >= 11 is 3.35. The average molecular weight is 379 g/mol. The highest BCUT2D eigenvalue weighted by molar-refractivity contribution is 9.10. The highest BCUT2D eigenvalue weighted by atomic mass is 79.9. The van der Waals surface area contributed by atoms with Crippen LogP contribution in [0.25, 0.3) is 0 Å². The van der Waals surface area contributed by atoms with Crippen molar-refractivity contribution in [3.8, 4) is 0 Å². The first kappa shape index (κ1) is 17.1. The topological polar surface area (TPSA) is 49.4 Å². The molecule has 6 heteroatoms. The Hall–Kier alpha value is -2.21. The number of amides is 2. The highest BCUT2D eigenvalue weighted by Gasteiger charge is 2.12. The van der Waals surface area contributed by atoms with Gasteiger partial charge in [-0.25, -0.2) is 4.39 Å². The quantitative estimate of drug-likeness (QED) is 0.869. The van der Waals surface area contributed by atoms with E-state index in [0.717, 1.165) is 16.1 Å². The highest BCUT2D eigenvalue weighted by Crippen LogP contribution is 2.11. The van der Waals surface area contributed by atoms with Crippen LogP contribution < -0.4 is 5.32 Å². The molecule has 23 heavy (non-hydrogen) atoms. The van der Waals surface area contributed by atoms with Crippen molar-refractivity contribution < 1.29 is 14.0 Å². The molecule has 0 bridgehead atoms. The molecule has 0 unspecified atom stereocenters. The van der Waals surface area contributed by atoms with E-state index in [0.29, 0.717) is 6.54 Å². The van der Waals surface area contributed by atoms with E-state index in [-0.39, 0.29) is 18.0 Å². The number of halogens is 2. The predicted octanol–water partition coefficient (Wildman–Crippen LogP) is 2.98. The summed E-state index contributed by atoms with van der Waals surface area (Å²) in [4.78, 5) is 25.4. The Morgan fingerprint density at radius 1 is 1.17 bits per heavy atom. The molecule has 4 nitrogen and oxygen atoms in total. The van der Waals surface area contributed by atoms with Gasteiger partial charge in [-0.1, -0.05) is 34.1 Å². The summed E-state index contributed by atoms with van der Waals surface area (Å²) in [5, 5.41) is 2.50. The van der Waals surface area contributed by atoms with Crippen molar-refractivity contribution in [1.82, 2.24) is 10.2 Å². The molecule has 0 aliphatic carbocycles. The lowest BCUT2D eigenvalue weighted by Gasteiger charge is -2.17. The van der Waals surface area contributed by atoms with E-state index in [1.54, 1.807) is 7.05 Å². The molecule has 0 radical (unpaired) electrons. The maximum absolute atomic E-state index is 13.1. The summed E-state index contributed by atoms with van der Waals surface area (Å²) in [6.45, 7) is 0.310. The lowest BCUT2D eigenvalue weighted by Crippen LogP contribution is -2.37. The predicted molar refractivity (Wildman–Crippen MR) is 89.3 cm³/mol. The molecule has 0 spiro atoms. The third-order valence-electron chi connectivity index (χ3n) is 3.25. The Morgan fingerprint density at radius 3 is 2.52 bits per heavy atom. The number of nitrogens with zero attached hydrogens (tertiary/aromatic N) is 1. The van der Waals surface area contributed by atoms with Crippen LogP contribution in [0.2, 0.25) is 0 Å². The molecule has 0 saturated heterocycles. The summed E-state index contributed by atoms with van der Waals surface area (Å²) < 4.78 is 14.0. The zero-order chi connectivity index (χ0) is 16.8. The fourth-order valence-corrected chi connectivity index (χ4v) is 2.24. The van der Waals surface area contributed by atoms with Crippen molar-refractivity contribution in [2.75, 3.05) is 13.6 Å². The minimum absolute atomic E-state index is 0.137. The Kier molecular flexibility index (Phi) is 5.87. The van der Waals surface area contributed by atoms with Crippen LogP contribution >= 0.6 is 15.9 Å². The zero-order valence-corrected chi connectivity index (χ0v) is 14.1. The van der Waals surface area contributed by atoms with E-state index in [1.807, 2.05) is 24.3 Å². The van der Waals surface area contributed by atoms with Crippen molar-refractivity contribution in [2.45, 2.75) is 6.54 Å². The lowest BCUT2D eigenvalue weighted by atomic mass is 10.2. The van der Waals surface area contributed by atoms with Gasteiger partial charge in [-0.3, -0.25) is 9.59 Å². The van der Waals surface area contributed by atoms with Gasteiger partial charge in [0.15, 0.2) is 0 Å². The second kappa shape index (κ2) is 7.87. The molecule has 2 rings (SSSR count). The average Bonchev–Trinajstić information content (AvgIpc) is 2.54. The molecule has 0 heterocycles.